The average Bonchev–Trinajstić information content (AvgIpc) is 3.99. The van der Waals surface area contributed by atoms with Gasteiger partial charge < -0.3 is 25.1 Å². The number of benzene rings is 3. The Hall–Kier alpha value is -4.01. The third-order valence-electron chi connectivity index (χ3n) is 12.7. The van der Waals surface area contributed by atoms with Gasteiger partial charge in [-0.15, -0.1) is 0 Å². The molecule has 0 spiro atoms. The molecular weight excluding hydrogens is 649 g/mol. The normalized spacial score (nSPS) is 25.0. The first kappa shape index (κ1) is 36.4. The zero-order valence-electron chi connectivity index (χ0n) is 30.7. The Balaban J connectivity index is 1.06. The number of carbonyl (C=O) groups excluding carboxylic acids is 3. The maximum atomic E-state index is 14.7. The number of amides is 3. The van der Waals surface area contributed by atoms with E-state index < -0.39 is 23.6 Å². The van der Waals surface area contributed by atoms with Gasteiger partial charge in [0.1, 0.15) is 12.1 Å². The Morgan fingerprint density at radius 1 is 0.731 bits per heavy atom. The van der Waals surface area contributed by atoms with Gasteiger partial charge in [-0.05, 0) is 80.5 Å². The van der Waals surface area contributed by atoms with E-state index in [-0.39, 0.29) is 37.1 Å². The lowest BCUT2D eigenvalue weighted by Crippen LogP contribution is -2.54. The first-order valence-electron chi connectivity index (χ1n) is 19.8. The molecule has 3 aromatic rings. The largest absolute Gasteiger partial charge is 0.391 e. The van der Waals surface area contributed by atoms with Crippen LogP contribution in [-0.4, -0.2) is 94.5 Å². The fourth-order valence-corrected chi connectivity index (χ4v) is 9.86. The van der Waals surface area contributed by atoms with Gasteiger partial charge in [-0.1, -0.05) is 104 Å². The van der Waals surface area contributed by atoms with Crippen molar-refractivity contribution in [3.05, 3.63) is 108 Å². The van der Waals surface area contributed by atoms with Crippen molar-refractivity contribution in [2.75, 3.05) is 32.7 Å². The van der Waals surface area contributed by atoms with E-state index in [9.17, 15) is 19.5 Å². The third-order valence-corrected chi connectivity index (χ3v) is 12.7. The first-order valence-corrected chi connectivity index (χ1v) is 19.8. The molecule has 7 rings (SSSR count). The molecule has 52 heavy (non-hydrogen) atoms. The van der Waals surface area contributed by atoms with Crippen LogP contribution in [0.15, 0.2) is 91.0 Å². The number of rotatable bonds is 11. The highest BCUT2D eigenvalue weighted by molar-refractivity contribution is 5.93. The lowest BCUT2D eigenvalue weighted by atomic mass is 9.67. The Kier molecular flexibility index (Phi) is 11.4. The van der Waals surface area contributed by atoms with Gasteiger partial charge in [0.25, 0.3) is 0 Å². The highest BCUT2D eigenvalue weighted by Crippen LogP contribution is 2.43. The van der Waals surface area contributed by atoms with Crippen LogP contribution in [0.3, 0.4) is 0 Å². The van der Waals surface area contributed by atoms with Gasteiger partial charge >= 0.3 is 0 Å². The van der Waals surface area contributed by atoms with E-state index in [1.165, 1.54) is 25.7 Å². The summed E-state index contributed by atoms with van der Waals surface area (Å²) in [5, 5.41) is 14.2. The van der Waals surface area contributed by atoms with Crippen LogP contribution >= 0.6 is 0 Å². The minimum Gasteiger partial charge on any atom is -0.391 e. The van der Waals surface area contributed by atoms with Gasteiger partial charge in [0.15, 0.2) is 0 Å². The first-order chi connectivity index (χ1) is 25.3. The number of nitrogens with one attached hydrogen (secondary N) is 1. The van der Waals surface area contributed by atoms with Gasteiger partial charge in [-0.25, -0.2) is 0 Å². The Bertz CT molecular complexity index is 1550. The van der Waals surface area contributed by atoms with Crippen molar-refractivity contribution < 1.29 is 19.5 Å². The van der Waals surface area contributed by atoms with Crippen LogP contribution in [-0.2, 0) is 19.8 Å². The topological polar surface area (TPSA) is 93.2 Å². The molecule has 1 aliphatic carbocycles. The van der Waals surface area contributed by atoms with E-state index in [4.69, 9.17) is 0 Å². The summed E-state index contributed by atoms with van der Waals surface area (Å²) < 4.78 is 0. The van der Waals surface area contributed by atoms with Gasteiger partial charge in [0.05, 0.1) is 11.5 Å². The van der Waals surface area contributed by atoms with Gasteiger partial charge in [-0.3, -0.25) is 14.4 Å². The Labute approximate surface area is 309 Å². The molecule has 2 unspecified atom stereocenters. The molecule has 3 aromatic carbocycles. The predicted octanol–water partition coefficient (Wildman–Crippen LogP) is 5.77. The van der Waals surface area contributed by atoms with Crippen LogP contribution in [0, 0.1) is 11.8 Å². The van der Waals surface area contributed by atoms with Crippen molar-refractivity contribution in [3.63, 3.8) is 0 Å². The monoisotopic (exact) mass is 704 g/mol. The van der Waals surface area contributed by atoms with E-state index in [2.05, 4.69) is 53.5 Å². The zero-order valence-corrected chi connectivity index (χ0v) is 30.7. The molecule has 3 amide bonds. The number of piperidine rings is 1. The van der Waals surface area contributed by atoms with Crippen molar-refractivity contribution in [3.8, 4) is 0 Å². The second-order valence-corrected chi connectivity index (χ2v) is 15.9. The molecule has 3 aliphatic heterocycles. The summed E-state index contributed by atoms with van der Waals surface area (Å²) in [5.41, 5.74) is 2.12. The quantitative estimate of drug-likeness (QED) is 0.248. The van der Waals surface area contributed by atoms with E-state index in [0.29, 0.717) is 31.5 Å². The van der Waals surface area contributed by atoms with E-state index >= 15 is 0 Å². The second-order valence-electron chi connectivity index (χ2n) is 15.9. The predicted molar refractivity (Wildman–Crippen MR) is 203 cm³/mol. The third kappa shape index (κ3) is 7.56. The minimum absolute atomic E-state index is 0.0865. The maximum Gasteiger partial charge on any atom is 0.246 e. The summed E-state index contributed by atoms with van der Waals surface area (Å²) in [4.78, 5) is 48.7. The molecule has 3 heterocycles. The molecular formula is C44H56N4O4. The summed E-state index contributed by atoms with van der Waals surface area (Å²) in [6, 6.07) is 29.4. The summed E-state index contributed by atoms with van der Waals surface area (Å²) in [7, 11) is 0. The standard InChI is InChI=1S/C44H56N4O4/c1-32(34-16-11-12-17-34)46-25-13-15-33(30-46)29-45-42(51)39-24-14-26-47(39)43(52)40-27-38(49)31-48(40)41(50)28-44(35-18-5-2-6-19-35,36-20-7-3-8-21-36)37-22-9-4-10-23-37/h2-10,18-23,32-34,38-40,49H,11-17,24-31H2,1H3,(H,45,51)/t32?,33-,38+,39?,40-/m0/s1. The van der Waals surface area contributed by atoms with E-state index in [0.717, 1.165) is 55.0 Å². The second kappa shape index (κ2) is 16.3. The SMILES string of the molecule is CC(C1CCCC1)N1CCC[C@@H](CNC(=O)C2CCCN2C(=O)[C@@H]2C[C@@H](O)CN2C(=O)CC(c2ccccc2)(c2ccccc2)c2ccccc2)C1. The van der Waals surface area contributed by atoms with Crippen molar-refractivity contribution in [2.45, 2.75) is 101 Å². The molecule has 0 radical (unpaired) electrons. The van der Waals surface area contributed by atoms with Crippen LogP contribution in [0.1, 0.15) is 87.8 Å². The number of aliphatic hydroxyl groups is 1. The fourth-order valence-electron chi connectivity index (χ4n) is 9.86. The molecule has 5 atom stereocenters. The smallest absolute Gasteiger partial charge is 0.246 e. The summed E-state index contributed by atoms with van der Waals surface area (Å²) >= 11 is 0. The number of hydrogen-bond donors (Lipinski definition) is 2. The van der Waals surface area contributed by atoms with Crippen molar-refractivity contribution >= 4 is 17.7 Å². The number of β-amino-alcohol motifs (C(OH)–C–C–N with tert-alkyl or cyclic N) is 1. The van der Waals surface area contributed by atoms with Gasteiger partial charge in [0, 0.05) is 45.1 Å². The van der Waals surface area contributed by atoms with E-state index in [1.54, 1.807) is 9.80 Å². The molecule has 0 bridgehead atoms. The molecule has 2 N–H and O–H groups in total. The van der Waals surface area contributed by atoms with Gasteiger partial charge in [0.2, 0.25) is 17.7 Å². The van der Waals surface area contributed by atoms with Crippen molar-refractivity contribution in [2.24, 2.45) is 11.8 Å². The van der Waals surface area contributed by atoms with Crippen molar-refractivity contribution in [1.82, 2.24) is 20.0 Å². The van der Waals surface area contributed by atoms with Crippen LogP contribution in [0.25, 0.3) is 0 Å². The fraction of sp³-hybridized carbons (Fsp3) is 0.523. The number of hydrogen-bond acceptors (Lipinski definition) is 5. The van der Waals surface area contributed by atoms with Crippen LogP contribution < -0.4 is 5.32 Å². The number of aliphatic hydroxyl groups excluding tert-OH is 1. The number of carbonyl (C=O) groups is 3. The van der Waals surface area contributed by atoms with Gasteiger partial charge in [-0.2, -0.15) is 0 Å². The summed E-state index contributed by atoms with van der Waals surface area (Å²) in [5.74, 6) is 0.670. The maximum absolute atomic E-state index is 14.7. The lowest BCUT2D eigenvalue weighted by Gasteiger charge is -2.39. The number of nitrogens with zero attached hydrogens (tertiary/aromatic N) is 3. The zero-order chi connectivity index (χ0) is 36.1. The Morgan fingerprint density at radius 2 is 1.31 bits per heavy atom. The molecule has 8 heteroatoms. The molecule has 4 fully saturated rings. The highest BCUT2D eigenvalue weighted by Gasteiger charge is 2.47. The molecule has 3 saturated heterocycles. The highest BCUT2D eigenvalue weighted by atomic mass is 16.3. The molecule has 0 aromatic heterocycles. The average molecular weight is 705 g/mol. The summed E-state index contributed by atoms with van der Waals surface area (Å²) in [6.45, 7) is 5.73. The molecule has 8 nitrogen and oxygen atoms in total. The molecule has 4 aliphatic rings. The van der Waals surface area contributed by atoms with E-state index in [1.807, 2.05) is 54.6 Å². The number of likely N-dealkylation sites (tertiary alicyclic amines) is 3. The van der Waals surface area contributed by atoms with Crippen molar-refractivity contribution in [1.29, 1.82) is 0 Å². The van der Waals surface area contributed by atoms with Crippen LogP contribution in [0.5, 0.6) is 0 Å². The van der Waals surface area contributed by atoms with Crippen LogP contribution in [0.4, 0.5) is 0 Å². The molecule has 1 saturated carbocycles. The lowest BCUT2D eigenvalue weighted by molar-refractivity contribution is -0.147. The molecule has 276 valence electrons. The minimum atomic E-state index is -0.820. The van der Waals surface area contributed by atoms with Crippen LogP contribution in [0.2, 0.25) is 0 Å². The Morgan fingerprint density at radius 3 is 1.90 bits per heavy atom. The summed E-state index contributed by atoms with van der Waals surface area (Å²) in [6.07, 6.45) is 8.41.